The molecular formula is C10H16N4. The molecule has 0 fully saturated rings. The van der Waals surface area contributed by atoms with E-state index in [-0.39, 0.29) is 0 Å². The highest BCUT2D eigenvalue weighted by Gasteiger charge is 1.99. The first-order chi connectivity index (χ1) is 6.74. The summed E-state index contributed by atoms with van der Waals surface area (Å²) in [5.74, 6) is 3.56. The maximum atomic E-state index is 5.10. The Labute approximate surface area is 84.7 Å². The van der Waals surface area contributed by atoms with Crippen LogP contribution in [0.1, 0.15) is 5.69 Å². The zero-order valence-electron chi connectivity index (χ0n) is 8.67. The van der Waals surface area contributed by atoms with E-state index in [1.165, 1.54) is 0 Å². The van der Waals surface area contributed by atoms with Crippen LogP contribution in [-0.2, 0) is 7.05 Å². The normalized spacial score (nSPS) is 9.79. The van der Waals surface area contributed by atoms with Crippen molar-refractivity contribution < 1.29 is 0 Å². The SMILES string of the molecule is C#CCNCCNc1cc(C)nn1C. The van der Waals surface area contributed by atoms with Crippen molar-refractivity contribution in [1.29, 1.82) is 0 Å². The van der Waals surface area contributed by atoms with Crippen LogP contribution in [0, 0.1) is 19.3 Å². The fourth-order valence-corrected chi connectivity index (χ4v) is 1.22. The number of anilines is 1. The van der Waals surface area contributed by atoms with E-state index in [1.807, 2.05) is 24.7 Å². The largest absolute Gasteiger partial charge is 0.369 e. The Morgan fingerprint density at radius 3 is 2.93 bits per heavy atom. The van der Waals surface area contributed by atoms with Crippen LogP contribution in [0.3, 0.4) is 0 Å². The quantitative estimate of drug-likeness (QED) is 0.523. The average Bonchev–Trinajstić information content (AvgIpc) is 2.45. The molecule has 0 atom stereocenters. The molecule has 4 heteroatoms. The second-order valence-electron chi connectivity index (χ2n) is 3.10. The highest BCUT2D eigenvalue weighted by molar-refractivity contribution is 5.36. The lowest BCUT2D eigenvalue weighted by Crippen LogP contribution is -2.22. The van der Waals surface area contributed by atoms with Gasteiger partial charge in [-0.05, 0) is 6.92 Å². The molecule has 14 heavy (non-hydrogen) atoms. The van der Waals surface area contributed by atoms with Gasteiger partial charge >= 0.3 is 0 Å². The van der Waals surface area contributed by atoms with Crippen LogP contribution in [0.4, 0.5) is 5.82 Å². The van der Waals surface area contributed by atoms with Crippen molar-refractivity contribution in [1.82, 2.24) is 15.1 Å². The number of terminal acetylenes is 1. The van der Waals surface area contributed by atoms with Crippen molar-refractivity contribution in [2.24, 2.45) is 7.05 Å². The molecule has 0 saturated heterocycles. The lowest BCUT2D eigenvalue weighted by Gasteiger charge is -2.05. The molecule has 1 rings (SSSR count). The fraction of sp³-hybridized carbons (Fsp3) is 0.500. The molecule has 0 bridgehead atoms. The molecule has 0 spiro atoms. The molecule has 0 unspecified atom stereocenters. The molecule has 2 N–H and O–H groups in total. The summed E-state index contributed by atoms with van der Waals surface area (Å²) in [6.07, 6.45) is 5.10. The van der Waals surface area contributed by atoms with Gasteiger partial charge in [-0.25, -0.2) is 0 Å². The van der Waals surface area contributed by atoms with E-state index in [1.54, 1.807) is 0 Å². The maximum absolute atomic E-state index is 5.10. The molecule has 0 aromatic carbocycles. The summed E-state index contributed by atoms with van der Waals surface area (Å²) in [5, 5.41) is 10.6. The van der Waals surface area contributed by atoms with Crippen LogP contribution >= 0.6 is 0 Å². The third kappa shape index (κ3) is 3.11. The summed E-state index contributed by atoms with van der Waals surface area (Å²) in [5.41, 5.74) is 1.02. The van der Waals surface area contributed by atoms with Gasteiger partial charge in [0.05, 0.1) is 12.2 Å². The smallest absolute Gasteiger partial charge is 0.124 e. The minimum absolute atomic E-state index is 0.617. The van der Waals surface area contributed by atoms with Crippen LogP contribution in [0.25, 0.3) is 0 Å². The predicted octanol–water partition coefficient (Wildman–Crippen LogP) is 0.363. The maximum Gasteiger partial charge on any atom is 0.124 e. The third-order valence-corrected chi connectivity index (χ3v) is 1.84. The molecule has 76 valence electrons. The van der Waals surface area contributed by atoms with Crippen LogP contribution in [0.2, 0.25) is 0 Å². The van der Waals surface area contributed by atoms with Crippen molar-refractivity contribution in [3.63, 3.8) is 0 Å². The number of nitrogens with one attached hydrogen (secondary N) is 2. The Morgan fingerprint density at radius 1 is 1.57 bits per heavy atom. The molecule has 1 aromatic rings. The molecule has 4 nitrogen and oxygen atoms in total. The summed E-state index contributed by atoms with van der Waals surface area (Å²) >= 11 is 0. The van der Waals surface area contributed by atoms with Gasteiger partial charge in [0.15, 0.2) is 0 Å². The molecule has 0 radical (unpaired) electrons. The third-order valence-electron chi connectivity index (χ3n) is 1.84. The van der Waals surface area contributed by atoms with E-state index in [4.69, 9.17) is 6.42 Å². The lowest BCUT2D eigenvalue weighted by atomic mass is 10.4. The summed E-state index contributed by atoms with van der Waals surface area (Å²) in [6.45, 7) is 4.29. The Morgan fingerprint density at radius 2 is 2.36 bits per heavy atom. The summed E-state index contributed by atoms with van der Waals surface area (Å²) in [7, 11) is 1.92. The van der Waals surface area contributed by atoms with Crippen molar-refractivity contribution in [2.75, 3.05) is 25.0 Å². The molecule has 1 heterocycles. The van der Waals surface area contributed by atoms with Crippen molar-refractivity contribution >= 4 is 5.82 Å². The fourth-order valence-electron chi connectivity index (χ4n) is 1.22. The Hall–Kier alpha value is -1.47. The van der Waals surface area contributed by atoms with Gasteiger partial charge in [0.25, 0.3) is 0 Å². The first kappa shape index (κ1) is 10.6. The topological polar surface area (TPSA) is 41.9 Å². The second-order valence-corrected chi connectivity index (χ2v) is 3.10. The second kappa shape index (κ2) is 5.30. The van der Waals surface area contributed by atoms with E-state index in [0.717, 1.165) is 24.6 Å². The molecule has 1 aromatic heterocycles. The minimum atomic E-state index is 0.617. The molecule has 0 aliphatic rings. The van der Waals surface area contributed by atoms with Crippen molar-refractivity contribution in [3.05, 3.63) is 11.8 Å². The first-order valence-corrected chi connectivity index (χ1v) is 4.62. The van der Waals surface area contributed by atoms with Gasteiger partial charge in [-0.2, -0.15) is 5.10 Å². The van der Waals surface area contributed by atoms with Crippen LogP contribution in [0.15, 0.2) is 6.07 Å². The summed E-state index contributed by atoms with van der Waals surface area (Å²) < 4.78 is 1.83. The van der Waals surface area contributed by atoms with Gasteiger partial charge in [-0.3, -0.25) is 4.68 Å². The molecular weight excluding hydrogens is 176 g/mol. The Balaban J connectivity index is 2.25. The van der Waals surface area contributed by atoms with Gasteiger partial charge in [-0.15, -0.1) is 6.42 Å². The Bertz CT molecular complexity index is 321. The number of rotatable bonds is 5. The zero-order chi connectivity index (χ0) is 10.4. The monoisotopic (exact) mass is 192 g/mol. The first-order valence-electron chi connectivity index (χ1n) is 4.62. The standard InChI is InChI=1S/C10H16N4/c1-4-5-11-6-7-12-10-8-9(2)13-14(10)3/h1,8,11-12H,5-7H2,2-3H3. The van der Waals surface area contributed by atoms with Gasteiger partial charge in [0, 0.05) is 26.2 Å². The molecule has 0 aliphatic carbocycles. The van der Waals surface area contributed by atoms with Crippen molar-refractivity contribution in [2.45, 2.75) is 6.92 Å². The molecule has 0 aliphatic heterocycles. The predicted molar refractivity (Wildman–Crippen MR) is 58.1 cm³/mol. The molecule has 0 saturated carbocycles. The number of nitrogens with zero attached hydrogens (tertiary/aromatic N) is 2. The van der Waals surface area contributed by atoms with E-state index >= 15 is 0 Å². The van der Waals surface area contributed by atoms with Gasteiger partial charge in [0.2, 0.25) is 0 Å². The van der Waals surface area contributed by atoms with Gasteiger partial charge < -0.3 is 10.6 Å². The Kier molecular flexibility index (Phi) is 4.02. The highest BCUT2D eigenvalue weighted by Crippen LogP contribution is 2.06. The van der Waals surface area contributed by atoms with Crippen LogP contribution in [0.5, 0.6) is 0 Å². The van der Waals surface area contributed by atoms with Crippen LogP contribution < -0.4 is 10.6 Å². The summed E-state index contributed by atoms with van der Waals surface area (Å²) in [4.78, 5) is 0. The molecule has 0 amide bonds. The zero-order valence-corrected chi connectivity index (χ0v) is 8.67. The van der Waals surface area contributed by atoms with Gasteiger partial charge in [-0.1, -0.05) is 5.92 Å². The van der Waals surface area contributed by atoms with Gasteiger partial charge in [0.1, 0.15) is 5.82 Å². The number of aryl methyl sites for hydroxylation is 2. The lowest BCUT2D eigenvalue weighted by molar-refractivity contribution is 0.741. The summed E-state index contributed by atoms with van der Waals surface area (Å²) in [6, 6.07) is 2.02. The number of aromatic nitrogens is 2. The number of hydrogen-bond donors (Lipinski definition) is 2. The van der Waals surface area contributed by atoms with E-state index < -0.39 is 0 Å². The van der Waals surface area contributed by atoms with E-state index in [0.29, 0.717) is 6.54 Å². The minimum Gasteiger partial charge on any atom is -0.369 e. The van der Waals surface area contributed by atoms with Crippen molar-refractivity contribution in [3.8, 4) is 12.3 Å². The average molecular weight is 192 g/mol. The van der Waals surface area contributed by atoms with E-state index in [2.05, 4.69) is 21.7 Å². The van der Waals surface area contributed by atoms with E-state index in [9.17, 15) is 0 Å². The number of hydrogen-bond acceptors (Lipinski definition) is 3. The van der Waals surface area contributed by atoms with Crippen LogP contribution in [-0.4, -0.2) is 29.4 Å². The highest BCUT2D eigenvalue weighted by atomic mass is 15.3.